The van der Waals surface area contributed by atoms with Crippen molar-refractivity contribution in [3.63, 3.8) is 0 Å². The second-order valence-corrected chi connectivity index (χ2v) is 7.28. The van der Waals surface area contributed by atoms with Crippen LogP contribution >= 0.6 is 22.7 Å². The average Bonchev–Trinajstić information content (AvgIpc) is 3.32. The van der Waals surface area contributed by atoms with Gasteiger partial charge in [0.1, 0.15) is 11.9 Å². The number of thiophene rings is 2. The Balaban J connectivity index is 1.52. The molecule has 0 aliphatic heterocycles. The molecule has 0 fully saturated rings. The van der Waals surface area contributed by atoms with Gasteiger partial charge in [0.2, 0.25) is 0 Å². The summed E-state index contributed by atoms with van der Waals surface area (Å²) in [6, 6.07) is 12.6. The standard InChI is InChI=1S/C18H18N2O3S2/c1-23-14-4-2-13(3-5-14)20-18(22)19-10-15-6-7-16(25-15)17(21)12-8-9-24-11-12/h2-9,11,17,21H,10H2,1H3,(H2,19,20,22). The van der Waals surface area contributed by atoms with E-state index < -0.39 is 6.10 Å². The highest BCUT2D eigenvalue weighted by atomic mass is 32.1. The minimum absolute atomic E-state index is 0.279. The number of hydrogen-bond acceptors (Lipinski definition) is 5. The van der Waals surface area contributed by atoms with Gasteiger partial charge < -0.3 is 20.5 Å². The molecule has 25 heavy (non-hydrogen) atoms. The number of anilines is 1. The predicted molar refractivity (Wildman–Crippen MR) is 102 cm³/mol. The van der Waals surface area contributed by atoms with Gasteiger partial charge in [-0.1, -0.05) is 0 Å². The summed E-state index contributed by atoms with van der Waals surface area (Å²) in [7, 11) is 1.60. The van der Waals surface area contributed by atoms with Crippen LogP contribution in [-0.4, -0.2) is 18.2 Å². The number of urea groups is 1. The van der Waals surface area contributed by atoms with E-state index in [9.17, 15) is 9.90 Å². The monoisotopic (exact) mass is 374 g/mol. The first-order chi connectivity index (χ1) is 12.2. The SMILES string of the molecule is COc1ccc(NC(=O)NCc2ccc(C(O)c3ccsc3)s2)cc1. The molecule has 3 N–H and O–H groups in total. The van der Waals surface area contributed by atoms with E-state index in [1.165, 1.54) is 11.3 Å². The van der Waals surface area contributed by atoms with Gasteiger partial charge in [0.05, 0.1) is 13.7 Å². The summed E-state index contributed by atoms with van der Waals surface area (Å²) < 4.78 is 5.08. The third kappa shape index (κ3) is 4.60. The number of carbonyl (C=O) groups is 1. The maximum atomic E-state index is 12.0. The Kier molecular flexibility index (Phi) is 5.70. The molecule has 130 valence electrons. The van der Waals surface area contributed by atoms with E-state index in [0.29, 0.717) is 12.2 Å². The lowest BCUT2D eigenvalue weighted by Gasteiger charge is -2.08. The van der Waals surface area contributed by atoms with Gasteiger partial charge in [-0.15, -0.1) is 11.3 Å². The van der Waals surface area contributed by atoms with E-state index in [2.05, 4.69) is 10.6 Å². The van der Waals surface area contributed by atoms with Crippen molar-refractivity contribution in [1.29, 1.82) is 0 Å². The number of ether oxygens (including phenoxy) is 1. The molecule has 0 saturated heterocycles. The fourth-order valence-electron chi connectivity index (χ4n) is 2.25. The Hall–Kier alpha value is -2.35. The van der Waals surface area contributed by atoms with Crippen LogP contribution in [0.1, 0.15) is 21.4 Å². The van der Waals surface area contributed by atoms with Crippen molar-refractivity contribution < 1.29 is 14.6 Å². The van der Waals surface area contributed by atoms with Crippen LogP contribution in [0.25, 0.3) is 0 Å². The summed E-state index contributed by atoms with van der Waals surface area (Å²) in [5.74, 6) is 0.737. The molecule has 2 heterocycles. The van der Waals surface area contributed by atoms with Crippen molar-refractivity contribution in [3.8, 4) is 5.75 Å². The van der Waals surface area contributed by atoms with E-state index in [1.807, 2.05) is 29.0 Å². The van der Waals surface area contributed by atoms with Crippen molar-refractivity contribution in [2.75, 3.05) is 12.4 Å². The average molecular weight is 374 g/mol. The highest BCUT2D eigenvalue weighted by Gasteiger charge is 2.13. The van der Waals surface area contributed by atoms with E-state index in [-0.39, 0.29) is 6.03 Å². The van der Waals surface area contributed by atoms with Gasteiger partial charge in [-0.3, -0.25) is 0 Å². The number of aliphatic hydroxyl groups excluding tert-OH is 1. The van der Waals surface area contributed by atoms with Crippen LogP contribution in [0.15, 0.2) is 53.2 Å². The number of methoxy groups -OCH3 is 1. The van der Waals surface area contributed by atoms with Crippen molar-refractivity contribution in [2.45, 2.75) is 12.6 Å². The normalized spacial score (nSPS) is 11.8. The quantitative estimate of drug-likeness (QED) is 0.605. The van der Waals surface area contributed by atoms with Crippen LogP contribution in [0.5, 0.6) is 5.75 Å². The molecular weight excluding hydrogens is 356 g/mol. The van der Waals surface area contributed by atoms with E-state index in [4.69, 9.17) is 4.74 Å². The van der Waals surface area contributed by atoms with Crippen molar-refractivity contribution in [2.24, 2.45) is 0 Å². The lowest BCUT2D eigenvalue weighted by Crippen LogP contribution is -2.27. The first kappa shape index (κ1) is 17.5. The number of hydrogen-bond donors (Lipinski definition) is 3. The topological polar surface area (TPSA) is 70.6 Å². The summed E-state index contributed by atoms with van der Waals surface area (Å²) in [6.45, 7) is 0.406. The minimum Gasteiger partial charge on any atom is -0.497 e. The van der Waals surface area contributed by atoms with Gasteiger partial charge >= 0.3 is 6.03 Å². The lowest BCUT2D eigenvalue weighted by atomic mass is 10.2. The van der Waals surface area contributed by atoms with Gasteiger partial charge in [-0.25, -0.2) is 4.79 Å². The van der Waals surface area contributed by atoms with Gasteiger partial charge in [-0.2, -0.15) is 11.3 Å². The molecule has 3 aromatic rings. The number of rotatable bonds is 6. The first-order valence-electron chi connectivity index (χ1n) is 7.63. The first-order valence-corrected chi connectivity index (χ1v) is 9.39. The van der Waals surface area contributed by atoms with Crippen LogP contribution in [-0.2, 0) is 6.54 Å². The molecule has 7 heteroatoms. The largest absolute Gasteiger partial charge is 0.497 e. The zero-order valence-electron chi connectivity index (χ0n) is 13.6. The van der Waals surface area contributed by atoms with Gasteiger partial charge in [0.25, 0.3) is 0 Å². The zero-order chi connectivity index (χ0) is 17.6. The van der Waals surface area contributed by atoms with Gasteiger partial charge in [0, 0.05) is 15.4 Å². The molecular formula is C18H18N2O3S2. The Morgan fingerprint density at radius 2 is 2.00 bits per heavy atom. The Bertz CT molecular complexity index is 813. The summed E-state index contributed by atoms with van der Waals surface area (Å²) in [4.78, 5) is 13.8. The number of nitrogens with one attached hydrogen (secondary N) is 2. The van der Waals surface area contributed by atoms with Crippen molar-refractivity contribution in [1.82, 2.24) is 5.32 Å². The van der Waals surface area contributed by atoms with Crippen LogP contribution in [0.2, 0.25) is 0 Å². The fraction of sp³-hybridized carbons (Fsp3) is 0.167. The Morgan fingerprint density at radius 3 is 2.68 bits per heavy atom. The molecule has 5 nitrogen and oxygen atoms in total. The summed E-state index contributed by atoms with van der Waals surface area (Å²) in [6.07, 6.45) is -0.613. The Labute approximate surface area is 153 Å². The molecule has 0 aliphatic rings. The maximum absolute atomic E-state index is 12.0. The second kappa shape index (κ2) is 8.15. The Morgan fingerprint density at radius 1 is 1.20 bits per heavy atom. The van der Waals surface area contributed by atoms with Crippen molar-refractivity contribution in [3.05, 3.63) is 68.5 Å². The summed E-state index contributed by atoms with van der Waals surface area (Å²) in [5.41, 5.74) is 1.58. The van der Waals surface area contributed by atoms with Crippen LogP contribution < -0.4 is 15.4 Å². The van der Waals surface area contributed by atoms with Gasteiger partial charge in [-0.05, 0) is 58.8 Å². The zero-order valence-corrected chi connectivity index (χ0v) is 15.2. The number of benzene rings is 1. The van der Waals surface area contributed by atoms with Crippen LogP contribution in [0.3, 0.4) is 0 Å². The molecule has 0 spiro atoms. The highest BCUT2D eigenvalue weighted by molar-refractivity contribution is 7.12. The van der Waals surface area contributed by atoms with Crippen LogP contribution in [0, 0.1) is 0 Å². The lowest BCUT2D eigenvalue weighted by molar-refractivity contribution is 0.224. The molecule has 0 saturated carbocycles. The molecule has 2 amide bonds. The van der Waals surface area contributed by atoms with Crippen LogP contribution in [0.4, 0.5) is 10.5 Å². The molecule has 3 rings (SSSR count). The van der Waals surface area contributed by atoms with E-state index in [0.717, 1.165) is 21.1 Å². The molecule has 0 bridgehead atoms. The molecule has 0 radical (unpaired) electrons. The van der Waals surface area contributed by atoms with Crippen molar-refractivity contribution >= 4 is 34.4 Å². The minimum atomic E-state index is -0.613. The van der Waals surface area contributed by atoms with E-state index >= 15 is 0 Å². The molecule has 1 aromatic carbocycles. The third-order valence-corrected chi connectivity index (χ3v) is 5.42. The predicted octanol–water partition coefficient (Wildman–Crippen LogP) is 4.22. The third-order valence-electron chi connectivity index (χ3n) is 3.58. The number of aliphatic hydroxyl groups is 1. The van der Waals surface area contributed by atoms with Gasteiger partial charge in [0.15, 0.2) is 0 Å². The number of amides is 2. The number of carbonyl (C=O) groups excluding carboxylic acids is 1. The second-order valence-electron chi connectivity index (χ2n) is 5.30. The fourth-order valence-corrected chi connectivity index (χ4v) is 3.89. The molecule has 1 unspecified atom stereocenters. The maximum Gasteiger partial charge on any atom is 0.319 e. The van der Waals surface area contributed by atoms with E-state index in [1.54, 1.807) is 42.7 Å². The summed E-state index contributed by atoms with van der Waals surface area (Å²) >= 11 is 3.05. The molecule has 0 aliphatic carbocycles. The molecule has 2 aromatic heterocycles. The molecule has 1 atom stereocenters. The summed E-state index contributed by atoms with van der Waals surface area (Å²) in [5, 5.41) is 19.8. The highest BCUT2D eigenvalue weighted by Crippen LogP contribution is 2.29. The smallest absolute Gasteiger partial charge is 0.319 e.